The number of terminal acetylenes is 1. The summed E-state index contributed by atoms with van der Waals surface area (Å²) in [5, 5.41) is 9.89. The number of esters is 2. The van der Waals surface area contributed by atoms with Gasteiger partial charge in [0.05, 0.1) is 32.8 Å². The number of fused-ring (bicyclic) bond motifs is 2. The fraction of sp³-hybridized carbons (Fsp3) is 0.238. The number of carbonyl (C=O) groups excluding carboxylic acids is 3. The van der Waals surface area contributed by atoms with Crippen LogP contribution in [0.3, 0.4) is 0 Å². The number of rotatable bonds is 4. The summed E-state index contributed by atoms with van der Waals surface area (Å²) in [6.07, 6.45) is 4.99. The Bertz CT molecular complexity index is 1100. The molecule has 0 fully saturated rings. The van der Waals surface area contributed by atoms with E-state index in [4.69, 9.17) is 26.4 Å². The zero-order valence-corrected chi connectivity index (χ0v) is 16.2. The minimum absolute atomic E-state index is 0.0195. The van der Waals surface area contributed by atoms with Gasteiger partial charge >= 0.3 is 11.9 Å². The van der Waals surface area contributed by atoms with Crippen molar-refractivity contribution in [2.24, 2.45) is 5.73 Å². The maximum absolute atomic E-state index is 13.8. The van der Waals surface area contributed by atoms with Crippen LogP contribution in [0, 0.1) is 23.7 Å². The molecule has 0 saturated carbocycles. The molecule has 0 saturated heterocycles. The van der Waals surface area contributed by atoms with Crippen molar-refractivity contribution in [3.05, 3.63) is 52.6 Å². The van der Waals surface area contributed by atoms with Gasteiger partial charge in [0, 0.05) is 11.3 Å². The van der Waals surface area contributed by atoms with Crippen molar-refractivity contribution < 1.29 is 28.6 Å². The second kappa shape index (κ2) is 7.64. The van der Waals surface area contributed by atoms with E-state index >= 15 is 0 Å². The fourth-order valence-corrected chi connectivity index (χ4v) is 3.78. The molecule has 9 nitrogen and oxygen atoms in total. The van der Waals surface area contributed by atoms with E-state index in [0.29, 0.717) is 0 Å². The number of amides is 1. The Balaban J connectivity index is 2.48. The lowest BCUT2D eigenvalue weighted by Crippen LogP contribution is -2.47. The normalized spacial score (nSPS) is 19.7. The van der Waals surface area contributed by atoms with E-state index in [0.717, 1.165) is 12.0 Å². The quantitative estimate of drug-likeness (QED) is 0.563. The molecular formula is C21H17N3O6. The summed E-state index contributed by atoms with van der Waals surface area (Å²) in [5.41, 5.74) is 3.67. The van der Waals surface area contributed by atoms with Crippen LogP contribution in [0.15, 0.2) is 47.0 Å². The predicted octanol–water partition coefficient (Wildman–Crippen LogP) is 0.476. The topological polar surface area (TPSA) is 132 Å². The third kappa shape index (κ3) is 2.68. The summed E-state index contributed by atoms with van der Waals surface area (Å²) >= 11 is 0. The lowest BCUT2D eigenvalue weighted by atomic mass is 9.68. The molecular weight excluding hydrogens is 390 g/mol. The molecule has 152 valence electrons. The average Bonchev–Trinajstić information content (AvgIpc) is 2.97. The van der Waals surface area contributed by atoms with E-state index in [9.17, 15) is 19.6 Å². The first kappa shape index (κ1) is 20.5. The van der Waals surface area contributed by atoms with Crippen molar-refractivity contribution in [3.63, 3.8) is 0 Å². The van der Waals surface area contributed by atoms with Gasteiger partial charge in [0.1, 0.15) is 17.4 Å². The van der Waals surface area contributed by atoms with Crippen LogP contribution in [0.5, 0.6) is 5.75 Å². The lowest BCUT2D eigenvalue weighted by Gasteiger charge is -2.35. The first-order valence-corrected chi connectivity index (χ1v) is 8.70. The Morgan fingerprint density at radius 2 is 2.00 bits per heavy atom. The summed E-state index contributed by atoms with van der Waals surface area (Å²) in [4.78, 5) is 39.9. The molecule has 1 amide bonds. The highest BCUT2D eigenvalue weighted by atomic mass is 16.5. The lowest BCUT2D eigenvalue weighted by molar-refractivity contribution is -0.140. The Labute approximate surface area is 172 Å². The number of ether oxygens (including phenoxy) is 3. The van der Waals surface area contributed by atoms with Crippen LogP contribution in [0.2, 0.25) is 0 Å². The third-order valence-corrected chi connectivity index (χ3v) is 4.98. The minimum atomic E-state index is -1.97. The van der Waals surface area contributed by atoms with Gasteiger partial charge in [0.2, 0.25) is 11.8 Å². The van der Waals surface area contributed by atoms with Gasteiger partial charge in [-0.2, -0.15) is 5.26 Å². The molecule has 2 aliphatic heterocycles. The van der Waals surface area contributed by atoms with Crippen LogP contribution < -0.4 is 10.5 Å². The average molecular weight is 407 g/mol. The van der Waals surface area contributed by atoms with Crippen LogP contribution in [0.25, 0.3) is 0 Å². The molecule has 1 spiro atoms. The largest absolute Gasteiger partial charge is 0.469 e. The van der Waals surface area contributed by atoms with Crippen molar-refractivity contribution in [1.29, 1.82) is 5.26 Å². The second-order valence-corrected chi connectivity index (χ2v) is 6.36. The molecule has 0 radical (unpaired) electrons. The zero-order chi connectivity index (χ0) is 22.1. The van der Waals surface area contributed by atoms with Crippen molar-refractivity contribution in [1.82, 2.24) is 4.90 Å². The Kier molecular flexibility index (Phi) is 5.22. The minimum Gasteiger partial charge on any atom is -0.469 e. The molecule has 9 heteroatoms. The molecule has 2 N–H and O–H groups in total. The number of hydrogen-bond donors (Lipinski definition) is 1. The second-order valence-electron chi connectivity index (χ2n) is 6.36. The summed E-state index contributed by atoms with van der Waals surface area (Å²) in [6, 6.07) is 8.24. The summed E-state index contributed by atoms with van der Waals surface area (Å²) in [5.74, 6) is -0.168. The van der Waals surface area contributed by atoms with Crippen LogP contribution in [-0.4, -0.2) is 43.5 Å². The van der Waals surface area contributed by atoms with Crippen LogP contribution in [-0.2, 0) is 29.3 Å². The van der Waals surface area contributed by atoms with Crippen molar-refractivity contribution in [2.75, 3.05) is 20.8 Å². The van der Waals surface area contributed by atoms with E-state index in [1.165, 1.54) is 13.2 Å². The van der Waals surface area contributed by atoms with Gasteiger partial charge < -0.3 is 24.8 Å². The van der Waals surface area contributed by atoms with Crippen LogP contribution in [0.1, 0.15) is 12.0 Å². The highest BCUT2D eigenvalue weighted by Gasteiger charge is 2.62. The van der Waals surface area contributed by atoms with E-state index in [1.54, 1.807) is 18.2 Å². The number of nitrogens with zero attached hydrogens (tertiary/aromatic N) is 2. The first-order valence-electron chi connectivity index (χ1n) is 8.70. The molecule has 0 aromatic heterocycles. The third-order valence-electron chi connectivity index (χ3n) is 4.98. The Hall–Kier alpha value is -4.24. The van der Waals surface area contributed by atoms with E-state index in [2.05, 4.69) is 5.92 Å². The van der Waals surface area contributed by atoms with E-state index in [-0.39, 0.29) is 40.6 Å². The predicted molar refractivity (Wildman–Crippen MR) is 102 cm³/mol. The summed E-state index contributed by atoms with van der Waals surface area (Å²) in [7, 11) is 2.29. The maximum Gasteiger partial charge on any atom is 0.337 e. The Morgan fingerprint density at radius 3 is 2.60 bits per heavy atom. The van der Waals surface area contributed by atoms with Gasteiger partial charge in [-0.3, -0.25) is 9.59 Å². The highest BCUT2D eigenvalue weighted by Crippen LogP contribution is 2.54. The van der Waals surface area contributed by atoms with Gasteiger partial charge in [-0.1, -0.05) is 24.1 Å². The number of methoxy groups -OCH3 is 2. The van der Waals surface area contributed by atoms with E-state index in [1.807, 2.05) is 6.07 Å². The van der Waals surface area contributed by atoms with Crippen molar-refractivity contribution >= 4 is 17.8 Å². The smallest absolute Gasteiger partial charge is 0.337 e. The first-order chi connectivity index (χ1) is 14.4. The molecule has 2 aliphatic rings. The van der Waals surface area contributed by atoms with Crippen molar-refractivity contribution in [2.45, 2.75) is 11.8 Å². The number of nitrogens with two attached hydrogens (primary N) is 1. The monoisotopic (exact) mass is 407 g/mol. The van der Waals surface area contributed by atoms with Gasteiger partial charge in [0.15, 0.2) is 5.41 Å². The highest BCUT2D eigenvalue weighted by molar-refractivity contribution is 6.13. The number of para-hydroxylation sites is 1. The van der Waals surface area contributed by atoms with Crippen LogP contribution >= 0.6 is 0 Å². The molecule has 30 heavy (non-hydrogen) atoms. The molecule has 0 aliphatic carbocycles. The molecule has 1 aromatic carbocycles. The number of nitriles is 1. The maximum atomic E-state index is 13.8. The molecule has 3 rings (SSSR count). The molecule has 2 heterocycles. The molecule has 1 atom stereocenters. The fourth-order valence-electron chi connectivity index (χ4n) is 3.78. The van der Waals surface area contributed by atoms with E-state index < -0.39 is 29.7 Å². The van der Waals surface area contributed by atoms with Gasteiger partial charge in [-0.05, 0) is 6.07 Å². The summed E-state index contributed by atoms with van der Waals surface area (Å²) in [6.45, 7) is -0.255. The zero-order valence-electron chi connectivity index (χ0n) is 16.2. The molecule has 1 aromatic rings. The number of benzene rings is 1. The number of hydrogen-bond acceptors (Lipinski definition) is 8. The standard InChI is InChI=1S/C21H17N3O6/c1-4-9-24-14(10-16(25)28-2)17(19(26)29-3)21(20(24)27)12-7-5-6-8-15(12)30-18(23)13(21)11-22/h1,5-8H,9-10,23H2,2-3H3/t21-/m1/s1. The van der Waals surface area contributed by atoms with Crippen molar-refractivity contribution in [3.8, 4) is 24.2 Å². The van der Waals surface area contributed by atoms with Gasteiger partial charge in [0.25, 0.3) is 0 Å². The Morgan fingerprint density at radius 1 is 1.30 bits per heavy atom. The molecule has 0 bridgehead atoms. The SMILES string of the molecule is C#CCN1C(=O)[C@]2(C(C#N)=C(N)Oc3ccccc32)C(C(=O)OC)=C1CC(=O)OC. The van der Waals surface area contributed by atoms with Gasteiger partial charge in [-0.25, -0.2) is 4.79 Å². The molecule has 0 unspecified atom stereocenters. The van der Waals surface area contributed by atoms with Gasteiger partial charge in [-0.15, -0.1) is 6.42 Å². The van der Waals surface area contributed by atoms with Crippen LogP contribution in [0.4, 0.5) is 0 Å². The number of carbonyl (C=O) groups is 3. The summed E-state index contributed by atoms with van der Waals surface area (Å²) < 4.78 is 15.2.